The van der Waals surface area contributed by atoms with Gasteiger partial charge < -0.3 is 10.6 Å². The Bertz CT molecular complexity index is 620. The lowest BCUT2D eigenvalue weighted by Gasteiger charge is -2.19. The molecule has 7 nitrogen and oxygen atoms in total. The summed E-state index contributed by atoms with van der Waals surface area (Å²) >= 11 is 12.0. The molecule has 0 aromatic heterocycles. The summed E-state index contributed by atoms with van der Waals surface area (Å²) < 4.78 is 0. The largest absolute Gasteiger partial charge is 0.338 e. The van der Waals surface area contributed by atoms with Crippen molar-refractivity contribution in [1.82, 2.24) is 15.5 Å². The number of imide groups is 1. The third-order valence-electron chi connectivity index (χ3n) is 3.48. The monoisotopic (exact) mass is 402 g/mol. The highest BCUT2D eigenvalue weighted by molar-refractivity contribution is 6.39. The predicted molar refractivity (Wildman–Crippen MR) is 104 cm³/mol. The van der Waals surface area contributed by atoms with E-state index in [0.717, 1.165) is 12.8 Å². The number of benzene rings is 1. The van der Waals surface area contributed by atoms with E-state index in [1.165, 1.54) is 0 Å². The van der Waals surface area contributed by atoms with Crippen molar-refractivity contribution in [3.05, 3.63) is 28.2 Å². The van der Waals surface area contributed by atoms with Gasteiger partial charge in [0.25, 0.3) is 0 Å². The van der Waals surface area contributed by atoms with Gasteiger partial charge in [0.2, 0.25) is 11.8 Å². The highest BCUT2D eigenvalue weighted by Gasteiger charge is 2.16. The molecule has 144 valence electrons. The molecule has 0 unspecified atom stereocenters. The van der Waals surface area contributed by atoms with Crippen molar-refractivity contribution in [3.8, 4) is 0 Å². The summed E-state index contributed by atoms with van der Waals surface area (Å²) in [6.07, 6.45) is 1.79. The van der Waals surface area contributed by atoms with Gasteiger partial charge in [-0.2, -0.15) is 0 Å². The van der Waals surface area contributed by atoms with E-state index in [-0.39, 0.29) is 19.0 Å². The molecule has 0 aliphatic carbocycles. The van der Waals surface area contributed by atoms with Crippen LogP contribution in [0.1, 0.15) is 26.7 Å². The van der Waals surface area contributed by atoms with Gasteiger partial charge in [0, 0.05) is 6.54 Å². The number of likely N-dealkylation sites (N-methyl/N-ethyl adjacent to an activating group) is 1. The van der Waals surface area contributed by atoms with E-state index in [2.05, 4.69) is 16.0 Å². The number of amides is 4. The summed E-state index contributed by atoms with van der Waals surface area (Å²) in [4.78, 5) is 37.3. The zero-order valence-corrected chi connectivity index (χ0v) is 16.4. The summed E-state index contributed by atoms with van der Waals surface area (Å²) in [5, 5.41) is 8.13. The summed E-state index contributed by atoms with van der Waals surface area (Å²) in [5.74, 6) is -0.841. The van der Waals surface area contributed by atoms with Crippen LogP contribution < -0.4 is 16.0 Å². The van der Waals surface area contributed by atoms with E-state index in [4.69, 9.17) is 23.2 Å². The number of rotatable bonds is 9. The van der Waals surface area contributed by atoms with Gasteiger partial charge in [-0.1, -0.05) is 49.5 Å². The predicted octanol–water partition coefficient (Wildman–Crippen LogP) is 2.88. The van der Waals surface area contributed by atoms with Gasteiger partial charge in [-0.05, 0) is 25.1 Å². The topological polar surface area (TPSA) is 90.5 Å². The fourth-order valence-electron chi connectivity index (χ4n) is 2.07. The van der Waals surface area contributed by atoms with E-state index >= 15 is 0 Å². The average Bonchev–Trinajstić information content (AvgIpc) is 2.57. The van der Waals surface area contributed by atoms with Crippen molar-refractivity contribution < 1.29 is 14.4 Å². The first kappa shape index (κ1) is 22.2. The summed E-state index contributed by atoms with van der Waals surface area (Å²) in [6, 6.07) is 4.37. The van der Waals surface area contributed by atoms with Crippen molar-refractivity contribution in [2.24, 2.45) is 0 Å². The highest BCUT2D eigenvalue weighted by Crippen LogP contribution is 2.29. The molecule has 0 aliphatic heterocycles. The fraction of sp³-hybridized carbons (Fsp3) is 0.471. The lowest BCUT2D eigenvalue weighted by atomic mass is 10.3. The number of halogens is 2. The van der Waals surface area contributed by atoms with Crippen LogP contribution >= 0.6 is 23.2 Å². The molecule has 9 heteroatoms. The maximum absolute atomic E-state index is 12.2. The standard InChI is InChI=1S/C17H24Cl2N4O3/c1-3-5-9-20-17(26)22-15(25)11-23(4-2)10-14(24)21-16-12(18)7-6-8-13(16)19/h6-8H,3-5,9-11H2,1-2H3,(H,21,24)(H2,20,22,25,26). The smallest absolute Gasteiger partial charge is 0.321 e. The van der Waals surface area contributed by atoms with Crippen LogP contribution in [0.5, 0.6) is 0 Å². The third-order valence-corrected chi connectivity index (χ3v) is 4.11. The lowest BCUT2D eigenvalue weighted by molar-refractivity contribution is -0.122. The zero-order chi connectivity index (χ0) is 19.5. The number of para-hydroxylation sites is 1. The van der Waals surface area contributed by atoms with E-state index in [0.29, 0.717) is 28.8 Å². The maximum atomic E-state index is 12.2. The molecule has 1 aromatic rings. The average molecular weight is 403 g/mol. The molecule has 0 spiro atoms. The summed E-state index contributed by atoms with van der Waals surface area (Å²) in [5.41, 5.74) is 0.330. The molecule has 1 rings (SSSR count). The number of unbranched alkanes of at least 4 members (excludes halogenated alkanes) is 1. The second kappa shape index (κ2) is 11.7. The molecule has 3 N–H and O–H groups in total. The molecule has 0 saturated heterocycles. The second-order valence-corrected chi connectivity index (χ2v) is 6.42. The van der Waals surface area contributed by atoms with E-state index in [1.54, 1.807) is 23.1 Å². The zero-order valence-electron chi connectivity index (χ0n) is 14.9. The molecule has 0 atom stereocenters. The Balaban J connectivity index is 2.49. The molecule has 0 radical (unpaired) electrons. The Labute approximate surface area is 163 Å². The van der Waals surface area contributed by atoms with Crippen molar-refractivity contribution in [3.63, 3.8) is 0 Å². The van der Waals surface area contributed by atoms with Crippen LogP contribution in [-0.4, -0.2) is 48.9 Å². The number of carbonyl (C=O) groups is 3. The normalized spacial score (nSPS) is 10.5. The first-order valence-electron chi connectivity index (χ1n) is 8.41. The Morgan fingerprint density at radius 2 is 1.65 bits per heavy atom. The lowest BCUT2D eigenvalue weighted by Crippen LogP contribution is -2.46. The van der Waals surface area contributed by atoms with Gasteiger partial charge in [0.05, 0.1) is 28.8 Å². The third kappa shape index (κ3) is 8.03. The van der Waals surface area contributed by atoms with Crippen LogP contribution in [0.4, 0.5) is 10.5 Å². The second-order valence-electron chi connectivity index (χ2n) is 5.61. The van der Waals surface area contributed by atoms with Crippen LogP contribution in [-0.2, 0) is 9.59 Å². The minimum absolute atomic E-state index is 0.0388. The summed E-state index contributed by atoms with van der Waals surface area (Å²) in [7, 11) is 0. The Hall–Kier alpha value is -1.83. The molecule has 0 heterocycles. The Morgan fingerprint density at radius 3 is 2.23 bits per heavy atom. The number of nitrogens with one attached hydrogen (secondary N) is 3. The quantitative estimate of drug-likeness (QED) is 0.553. The summed E-state index contributed by atoms with van der Waals surface area (Å²) in [6.45, 7) is 4.65. The first-order chi connectivity index (χ1) is 12.4. The number of urea groups is 1. The van der Waals surface area contributed by atoms with Crippen molar-refractivity contribution in [2.75, 3.05) is 31.5 Å². The molecular weight excluding hydrogens is 379 g/mol. The van der Waals surface area contributed by atoms with Crippen molar-refractivity contribution in [2.45, 2.75) is 26.7 Å². The van der Waals surface area contributed by atoms with Crippen molar-refractivity contribution in [1.29, 1.82) is 0 Å². The van der Waals surface area contributed by atoms with Crippen LogP contribution in [0.3, 0.4) is 0 Å². The number of nitrogens with zero attached hydrogens (tertiary/aromatic N) is 1. The molecule has 4 amide bonds. The first-order valence-corrected chi connectivity index (χ1v) is 9.16. The van der Waals surface area contributed by atoms with E-state index < -0.39 is 11.9 Å². The maximum Gasteiger partial charge on any atom is 0.321 e. The molecule has 0 fully saturated rings. The number of hydrogen-bond acceptors (Lipinski definition) is 4. The van der Waals surface area contributed by atoms with Gasteiger partial charge >= 0.3 is 6.03 Å². The number of carbonyl (C=O) groups excluding carboxylic acids is 3. The molecule has 0 saturated carbocycles. The molecule has 26 heavy (non-hydrogen) atoms. The van der Waals surface area contributed by atoms with Gasteiger partial charge in [0.15, 0.2) is 0 Å². The van der Waals surface area contributed by atoms with E-state index in [9.17, 15) is 14.4 Å². The molecule has 1 aromatic carbocycles. The van der Waals surface area contributed by atoms with Crippen LogP contribution in [0, 0.1) is 0 Å². The van der Waals surface area contributed by atoms with Gasteiger partial charge in [-0.15, -0.1) is 0 Å². The molecule has 0 bridgehead atoms. The van der Waals surface area contributed by atoms with Crippen LogP contribution in [0.15, 0.2) is 18.2 Å². The van der Waals surface area contributed by atoms with Crippen molar-refractivity contribution >= 4 is 46.7 Å². The minimum atomic E-state index is -0.535. The fourth-order valence-corrected chi connectivity index (χ4v) is 2.56. The SMILES string of the molecule is CCCCNC(=O)NC(=O)CN(CC)CC(=O)Nc1c(Cl)cccc1Cl. The Morgan fingerprint density at radius 1 is 1.04 bits per heavy atom. The molecular formula is C17H24Cl2N4O3. The van der Waals surface area contributed by atoms with Gasteiger partial charge in [-0.3, -0.25) is 19.8 Å². The van der Waals surface area contributed by atoms with Crippen LogP contribution in [0.2, 0.25) is 10.0 Å². The van der Waals surface area contributed by atoms with Gasteiger partial charge in [0.1, 0.15) is 0 Å². The Kier molecular flexibility index (Phi) is 10.0. The highest BCUT2D eigenvalue weighted by atomic mass is 35.5. The minimum Gasteiger partial charge on any atom is -0.338 e. The van der Waals surface area contributed by atoms with Crippen LogP contribution in [0.25, 0.3) is 0 Å². The van der Waals surface area contributed by atoms with E-state index in [1.807, 2.05) is 13.8 Å². The van der Waals surface area contributed by atoms with Gasteiger partial charge in [-0.25, -0.2) is 4.79 Å². The number of anilines is 1. The molecule has 0 aliphatic rings. The number of hydrogen-bond donors (Lipinski definition) is 3.